The fourth-order valence-electron chi connectivity index (χ4n) is 5.75. The Morgan fingerprint density at radius 1 is 0.452 bits per heavy atom. The van der Waals surface area contributed by atoms with Gasteiger partial charge in [0.25, 0.3) is 0 Å². The molecule has 0 unspecified atom stereocenters. The van der Waals surface area contributed by atoms with E-state index in [1.807, 2.05) is 98.7 Å². The van der Waals surface area contributed by atoms with Gasteiger partial charge in [-0.25, -0.2) is 34.0 Å². The van der Waals surface area contributed by atoms with E-state index in [2.05, 4.69) is 90.5 Å². The smallest absolute Gasteiger partial charge is 0.378 e. The maximum Gasteiger partial charge on any atom is 0.378 e. The van der Waals surface area contributed by atoms with Gasteiger partial charge in [-0.1, -0.05) is 167 Å². The largest absolute Gasteiger partial charge is 0.483 e. The van der Waals surface area contributed by atoms with E-state index in [0.29, 0.717) is 36.0 Å². The van der Waals surface area contributed by atoms with E-state index in [1.165, 1.54) is 22.3 Å². The van der Waals surface area contributed by atoms with Crippen molar-refractivity contribution in [2.24, 2.45) is 11.5 Å². The van der Waals surface area contributed by atoms with Crippen molar-refractivity contribution < 1.29 is 197 Å². The van der Waals surface area contributed by atoms with Crippen molar-refractivity contribution in [1.82, 2.24) is 16.0 Å². The second-order valence-corrected chi connectivity index (χ2v) is 19.7. The summed E-state index contributed by atoms with van der Waals surface area (Å²) in [6.07, 6.45) is 3.99. The van der Waals surface area contributed by atoms with Gasteiger partial charge < -0.3 is 41.6 Å². The molecular weight excluding hydrogens is 1440 g/mol. The molecule has 0 saturated heterocycles. The van der Waals surface area contributed by atoms with Crippen LogP contribution in [0.3, 0.4) is 0 Å². The summed E-state index contributed by atoms with van der Waals surface area (Å²) in [5.41, 5.74) is 19.2. The summed E-state index contributed by atoms with van der Waals surface area (Å²) in [7, 11) is 0. The maximum atomic E-state index is 11.4. The normalized spacial score (nSPS) is 9.32. The molecule has 0 aliphatic rings. The maximum absolute atomic E-state index is 11.4. The van der Waals surface area contributed by atoms with Crippen molar-refractivity contribution >= 4 is 24.6 Å². The average molecular weight is 1530 g/mol. The summed E-state index contributed by atoms with van der Waals surface area (Å²) in [5.74, 6) is 0. The van der Waals surface area contributed by atoms with Gasteiger partial charge in [-0.2, -0.15) is 10.5 Å². The number of nitrogens with zero attached hydrogens (tertiary/aromatic N) is 2. The van der Waals surface area contributed by atoms with Crippen molar-refractivity contribution in [2.75, 3.05) is 0 Å². The van der Waals surface area contributed by atoms with Crippen LogP contribution in [0.2, 0.25) is 0 Å². The third kappa shape index (κ3) is 55.3. The zero-order chi connectivity index (χ0) is 56.3. The topological polar surface area (TPSA) is 232 Å². The fourth-order valence-corrected chi connectivity index (χ4v) is 5.75. The van der Waals surface area contributed by atoms with E-state index >= 15 is 0 Å². The van der Waals surface area contributed by atoms with E-state index in [-0.39, 0.29) is 193 Å². The molecule has 3 amide bonds. The van der Waals surface area contributed by atoms with E-state index in [9.17, 15) is 19.2 Å². The molecule has 0 fully saturated rings. The molecule has 7 N–H and O–H groups in total. The first kappa shape index (κ1) is 101. The number of carbonyl (C=O) groups excluding carboxylic acids is 4. The number of carbonyl (C=O) groups is 4. The number of aldehydes is 1. The standard InChI is InChI=1S/C15H22NO2.C14H17N2O2.C14H18NO3.C9H9N2.C9H12N.4CH4.5Y/c1-5-12-6-8-13(9-7-12)10-11-16-14(17)18-15(2,3)4;1-14(2,3)18-13(17)16-9-8-11-4-6-12(10-15)7-5-11;1-14(2,3)18-13(17)15-9-8-11-4-6-12(10-16)7-5-11;10-6-5-8-1-3-9(7-11)4-2-8;1-8-2-4-9(5-3-8)6-7-10;;;;;;;;;/h6-9,11H,5,10H2,1-4H3,(H,16,17);4-7,9H,8H2,1-3H3,(H,16,17);4-7,9-10H,8H2,1-3H3,(H,15,17);1-4,6H,5,10H2;2-5,7H,6,10H2,1H3;4*1H4;;;;;/q5*-1;;;;;;;;;. The Morgan fingerprint density at radius 3 is 0.929 bits per heavy atom. The van der Waals surface area contributed by atoms with E-state index in [1.54, 1.807) is 69.1 Å². The van der Waals surface area contributed by atoms with Crippen molar-refractivity contribution in [1.29, 1.82) is 10.5 Å². The quantitative estimate of drug-likeness (QED) is 0.0376. The van der Waals surface area contributed by atoms with Gasteiger partial charge in [-0.05, 0) is 105 Å². The predicted molar refractivity (Wildman–Crippen MR) is 325 cm³/mol. The van der Waals surface area contributed by atoms with Crippen LogP contribution in [0.1, 0.15) is 159 Å². The molecule has 5 radical (unpaired) electrons. The van der Waals surface area contributed by atoms with Gasteiger partial charge in [-0.3, -0.25) is 17.9 Å². The predicted octanol–water partition coefficient (Wildman–Crippen LogP) is 14.4. The zero-order valence-electron chi connectivity index (χ0n) is 48.5. The molecule has 0 bridgehead atoms. The van der Waals surface area contributed by atoms with Crippen molar-refractivity contribution in [3.05, 3.63) is 210 Å². The van der Waals surface area contributed by atoms with Crippen LogP contribution < -0.4 is 27.4 Å². The van der Waals surface area contributed by atoms with E-state index in [4.69, 9.17) is 36.2 Å². The third-order valence-corrected chi connectivity index (χ3v) is 9.41. The second kappa shape index (κ2) is 57.4. The van der Waals surface area contributed by atoms with Crippen LogP contribution in [0.4, 0.5) is 14.4 Å². The Labute approximate surface area is 633 Å². The summed E-state index contributed by atoms with van der Waals surface area (Å²) in [5, 5.41) is 24.9. The van der Waals surface area contributed by atoms with Crippen LogP contribution in [-0.2, 0) is 216 Å². The minimum Gasteiger partial charge on any atom is -0.483 e. The third-order valence-electron chi connectivity index (χ3n) is 9.41. The van der Waals surface area contributed by atoms with Gasteiger partial charge in [0.05, 0.1) is 23.3 Å². The number of hydrogen-bond acceptors (Lipinski definition) is 11. The Kier molecular flexibility index (Phi) is 69.0. The van der Waals surface area contributed by atoms with Gasteiger partial charge in [-0.15, -0.1) is 32.1 Å². The molecule has 5 aromatic carbocycles. The number of alkyl carbamates (subject to hydrolysis) is 3. The summed E-state index contributed by atoms with van der Waals surface area (Å²) in [4.78, 5) is 44.5. The van der Waals surface area contributed by atoms with Crippen LogP contribution >= 0.6 is 0 Å². The molecule has 14 nitrogen and oxygen atoms in total. The van der Waals surface area contributed by atoms with Gasteiger partial charge in [0.2, 0.25) is 0 Å². The number of amides is 3. The molecule has 5 aromatic rings. The van der Waals surface area contributed by atoms with Gasteiger partial charge in [0.1, 0.15) is 23.1 Å². The van der Waals surface area contributed by atoms with Crippen molar-refractivity contribution in [3.63, 3.8) is 0 Å². The molecule has 0 aliphatic heterocycles. The monoisotopic (exact) mass is 1530 g/mol. The van der Waals surface area contributed by atoms with Crippen LogP contribution in [0.5, 0.6) is 0 Å². The number of rotatable bonds is 15. The SMILES string of the molecule is C.C.C.C.CC(C)(C)OC(=O)N[CH-]Cc1ccc(C#N)cc1.CC(C)(C)OC(=O)N[CH-]Cc1ccc(C=O)cc1.CCc1ccc(C[CH-]NC(=O)OC(C)(C)C)cc1.Cc1ccc(C[CH-]N)cc1.N#Cc1ccc(C[CH-]N)cc1.[Y].[Y].[Y].[Y].[Y]. The Balaban J connectivity index is -0.000000118. The number of nitrogens with two attached hydrogens (primary N) is 2. The minimum atomic E-state index is -0.496. The van der Waals surface area contributed by atoms with Gasteiger partial charge in [0.15, 0.2) is 0 Å². The van der Waals surface area contributed by atoms with Gasteiger partial charge >= 0.3 is 18.3 Å². The first-order valence-electron chi connectivity index (χ1n) is 24.6. The average Bonchev–Trinajstić information content (AvgIpc) is 3.35. The summed E-state index contributed by atoms with van der Waals surface area (Å²) in [6, 6.07) is 42.6. The minimum absolute atomic E-state index is 0. The summed E-state index contributed by atoms with van der Waals surface area (Å²) >= 11 is 0. The van der Waals surface area contributed by atoms with E-state index in [0.717, 1.165) is 42.2 Å². The molecule has 0 aromatic heterocycles. The Bertz CT molecular complexity index is 2510. The Morgan fingerprint density at radius 2 is 0.690 bits per heavy atom. The van der Waals surface area contributed by atoms with Crippen LogP contribution in [0.25, 0.3) is 0 Å². The molecule has 0 aliphatic carbocycles. The molecule has 0 spiro atoms. The molecule has 84 heavy (non-hydrogen) atoms. The first-order valence-corrected chi connectivity index (χ1v) is 24.6. The van der Waals surface area contributed by atoms with E-state index < -0.39 is 35.1 Å². The molecule has 19 heteroatoms. The summed E-state index contributed by atoms with van der Waals surface area (Å²) in [6.45, 7) is 28.9. The Hall–Kier alpha value is -2.00. The number of benzene rings is 5. The second-order valence-electron chi connectivity index (χ2n) is 19.7. The van der Waals surface area contributed by atoms with Gasteiger partial charge in [0, 0.05) is 169 Å². The molecule has 0 atom stereocenters. The number of ether oxygens (including phenoxy) is 3. The fraction of sp³-hybridized carbons (Fsp3) is 0.369. The number of hydrogen-bond donors (Lipinski definition) is 5. The molecule has 0 heterocycles. The summed E-state index contributed by atoms with van der Waals surface area (Å²) < 4.78 is 15.3. The molecule has 451 valence electrons. The molecule has 0 saturated carbocycles. The van der Waals surface area contributed by atoms with Crippen molar-refractivity contribution in [2.45, 2.75) is 161 Å². The molecular formula is C65H94N7O7Y5-5. The first-order chi connectivity index (χ1) is 35.4. The molecule has 5 rings (SSSR count). The number of nitrogens with one attached hydrogen (secondary N) is 3. The van der Waals surface area contributed by atoms with Crippen LogP contribution in [0, 0.1) is 62.3 Å². The number of nitriles is 2. The van der Waals surface area contributed by atoms with Crippen LogP contribution in [-0.4, -0.2) is 41.4 Å². The van der Waals surface area contributed by atoms with Crippen molar-refractivity contribution in [3.8, 4) is 12.1 Å². The zero-order valence-corrected chi connectivity index (χ0v) is 62.7. The number of aryl methyl sites for hydroxylation is 2. The van der Waals surface area contributed by atoms with Crippen LogP contribution in [0.15, 0.2) is 121 Å².